The second kappa shape index (κ2) is 5.01. The summed E-state index contributed by atoms with van der Waals surface area (Å²) in [4.78, 5) is 14.3. The topological polar surface area (TPSA) is 51.0 Å². The molecule has 1 atom stereocenters. The molecule has 1 fully saturated rings. The van der Waals surface area contributed by atoms with Gasteiger partial charge in [-0.05, 0) is 25.0 Å². The summed E-state index contributed by atoms with van der Waals surface area (Å²) in [5.41, 5.74) is 0.763. The highest BCUT2D eigenvalue weighted by molar-refractivity contribution is 6.33. The number of benzene rings is 1. The zero-order chi connectivity index (χ0) is 13.2. The van der Waals surface area contributed by atoms with Crippen LogP contribution >= 0.6 is 11.6 Å². The van der Waals surface area contributed by atoms with E-state index in [-0.39, 0.29) is 11.9 Å². The van der Waals surface area contributed by atoms with E-state index in [1.807, 2.05) is 18.2 Å². The van der Waals surface area contributed by atoms with E-state index in [4.69, 9.17) is 11.6 Å². The lowest BCUT2D eigenvalue weighted by Gasteiger charge is -2.32. The highest BCUT2D eigenvalue weighted by atomic mass is 35.5. The lowest BCUT2D eigenvalue weighted by Crippen LogP contribution is -2.42. The fraction of sp³-hybridized carbons (Fsp3) is 0.308. The summed E-state index contributed by atoms with van der Waals surface area (Å²) in [7, 11) is 0. The number of hydrogen-bond donors (Lipinski definition) is 0. The van der Waals surface area contributed by atoms with E-state index in [9.17, 15) is 4.79 Å². The number of piperidine rings is 1. The SMILES string of the molecule is O=C1C(n2ccnn2)CCCN1c1ccccc1Cl. The molecule has 2 heterocycles. The minimum absolute atomic E-state index is 0.0184. The van der Waals surface area contributed by atoms with Gasteiger partial charge in [-0.2, -0.15) is 0 Å². The molecule has 1 aromatic heterocycles. The predicted molar refractivity (Wildman–Crippen MR) is 72.1 cm³/mol. The van der Waals surface area contributed by atoms with Crippen molar-refractivity contribution in [2.45, 2.75) is 18.9 Å². The fourth-order valence-corrected chi connectivity index (χ4v) is 2.63. The number of carbonyl (C=O) groups excluding carboxylic acids is 1. The second-order valence-electron chi connectivity index (χ2n) is 4.48. The van der Waals surface area contributed by atoms with Crippen LogP contribution in [-0.4, -0.2) is 27.4 Å². The maximum Gasteiger partial charge on any atom is 0.251 e. The van der Waals surface area contributed by atoms with Gasteiger partial charge in [0.2, 0.25) is 0 Å². The molecule has 1 amide bonds. The Bertz CT molecular complexity index is 584. The number of amides is 1. The Labute approximate surface area is 115 Å². The Kier molecular flexibility index (Phi) is 3.21. The Hall–Kier alpha value is -1.88. The molecule has 0 aliphatic carbocycles. The van der Waals surface area contributed by atoms with Crippen molar-refractivity contribution < 1.29 is 4.79 Å². The van der Waals surface area contributed by atoms with Gasteiger partial charge >= 0.3 is 0 Å². The molecule has 19 heavy (non-hydrogen) atoms. The Morgan fingerprint density at radius 1 is 1.32 bits per heavy atom. The number of halogens is 1. The lowest BCUT2D eigenvalue weighted by molar-refractivity contribution is -0.123. The molecule has 6 heteroatoms. The van der Waals surface area contributed by atoms with Crippen molar-refractivity contribution in [3.8, 4) is 0 Å². The summed E-state index contributed by atoms with van der Waals surface area (Å²) < 4.78 is 1.62. The lowest BCUT2D eigenvalue weighted by atomic mass is 10.0. The van der Waals surface area contributed by atoms with Crippen LogP contribution in [0, 0.1) is 0 Å². The Balaban J connectivity index is 1.92. The van der Waals surface area contributed by atoms with E-state index in [0.29, 0.717) is 11.6 Å². The molecule has 0 N–H and O–H groups in total. The maximum atomic E-state index is 12.6. The summed E-state index contributed by atoms with van der Waals surface area (Å²) in [5, 5.41) is 8.28. The van der Waals surface area contributed by atoms with Gasteiger partial charge in [0.15, 0.2) is 0 Å². The number of nitrogens with zero attached hydrogens (tertiary/aromatic N) is 4. The highest BCUT2D eigenvalue weighted by Gasteiger charge is 2.32. The van der Waals surface area contributed by atoms with Crippen molar-refractivity contribution >= 4 is 23.2 Å². The number of carbonyl (C=O) groups is 1. The van der Waals surface area contributed by atoms with Crippen LogP contribution in [0.15, 0.2) is 36.7 Å². The van der Waals surface area contributed by atoms with Gasteiger partial charge in [0.1, 0.15) is 6.04 Å². The zero-order valence-corrected chi connectivity index (χ0v) is 11.0. The van der Waals surface area contributed by atoms with E-state index >= 15 is 0 Å². The van der Waals surface area contributed by atoms with E-state index in [1.54, 1.807) is 28.0 Å². The third-order valence-electron chi connectivity index (χ3n) is 3.31. The van der Waals surface area contributed by atoms with Gasteiger partial charge in [-0.1, -0.05) is 28.9 Å². The van der Waals surface area contributed by atoms with Crippen LogP contribution < -0.4 is 4.90 Å². The van der Waals surface area contributed by atoms with Crippen LogP contribution in [0.3, 0.4) is 0 Å². The number of aromatic nitrogens is 3. The molecule has 0 bridgehead atoms. The van der Waals surface area contributed by atoms with Crippen molar-refractivity contribution in [2.24, 2.45) is 0 Å². The molecule has 1 unspecified atom stereocenters. The molecular weight excluding hydrogens is 264 g/mol. The molecule has 1 aromatic carbocycles. The smallest absolute Gasteiger partial charge is 0.251 e. The molecule has 2 aromatic rings. The van der Waals surface area contributed by atoms with E-state index in [2.05, 4.69) is 10.3 Å². The maximum absolute atomic E-state index is 12.6. The van der Waals surface area contributed by atoms with Crippen molar-refractivity contribution in [1.29, 1.82) is 0 Å². The Morgan fingerprint density at radius 3 is 2.89 bits per heavy atom. The van der Waals surface area contributed by atoms with Crippen LogP contribution in [-0.2, 0) is 4.79 Å². The average molecular weight is 277 g/mol. The molecule has 3 rings (SSSR count). The quantitative estimate of drug-likeness (QED) is 0.846. The zero-order valence-electron chi connectivity index (χ0n) is 10.2. The van der Waals surface area contributed by atoms with Crippen molar-refractivity contribution in [3.05, 3.63) is 41.7 Å². The van der Waals surface area contributed by atoms with E-state index in [1.165, 1.54) is 0 Å². The van der Waals surface area contributed by atoms with Gasteiger partial charge in [0, 0.05) is 12.7 Å². The number of rotatable bonds is 2. The van der Waals surface area contributed by atoms with Gasteiger partial charge in [-0.25, -0.2) is 4.68 Å². The Morgan fingerprint density at radius 2 is 2.16 bits per heavy atom. The molecule has 0 radical (unpaired) electrons. The predicted octanol–water partition coefficient (Wildman–Crippen LogP) is 2.30. The minimum atomic E-state index is -0.285. The third-order valence-corrected chi connectivity index (χ3v) is 3.63. The molecule has 1 aliphatic heterocycles. The standard InChI is InChI=1S/C13H13ClN4O/c14-10-4-1-2-5-11(10)17-8-3-6-12(13(17)19)18-9-7-15-16-18/h1-2,4-5,7,9,12H,3,6,8H2. The van der Waals surface area contributed by atoms with Crippen LogP contribution in [0.25, 0.3) is 0 Å². The van der Waals surface area contributed by atoms with Gasteiger partial charge < -0.3 is 4.90 Å². The number of para-hydroxylation sites is 1. The summed E-state index contributed by atoms with van der Waals surface area (Å²) in [5.74, 6) is 0.0184. The molecular formula is C13H13ClN4O. The highest BCUT2D eigenvalue weighted by Crippen LogP contribution is 2.31. The first-order chi connectivity index (χ1) is 9.27. The number of hydrogen-bond acceptors (Lipinski definition) is 3. The molecule has 1 aliphatic rings. The first-order valence-electron chi connectivity index (χ1n) is 6.19. The fourth-order valence-electron chi connectivity index (χ4n) is 2.40. The number of anilines is 1. The first-order valence-corrected chi connectivity index (χ1v) is 6.57. The monoisotopic (exact) mass is 276 g/mol. The summed E-state index contributed by atoms with van der Waals surface area (Å²) in [6, 6.07) is 7.11. The van der Waals surface area contributed by atoms with E-state index < -0.39 is 0 Å². The van der Waals surface area contributed by atoms with Gasteiger partial charge in [0.25, 0.3) is 5.91 Å². The molecule has 0 spiro atoms. The summed E-state index contributed by atoms with van der Waals surface area (Å²) >= 11 is 6.17. The minimum Gasteiger partial charge on any atom is -0.309 e. The third kappa shape index (κ3) is 2.21. The largest absolute Gasteiger partial charge is 0.309 e. The van der Waals surface area contributed by atoms with Crippen LogP contribution in [0.4, 0.5) is 5.69 Å². The average Bonchev–Trinajstić information content (AvgIpc) is 2.94. The van der Waals surface area contributed by atoms with Crippen molar-refractivity contribution in [3.63, 3.8) is 0 Å². The van der Waals surface area contributed by atoms with Crippen molar-refractivity contribution in [1.82, 2.24) is 15.0 Å². The van der Waals surface area contributed by atoms with Crippen LogP contribution in [0.1, 0.15) is 18.9 Å². The van der Waals surface area contributed by atoms with Crippen LogP contribution in [0.2, 0.25) is 5.02 Å². The molecule has 1 saturated heterocycles. The second-order valence-corrected chi connectivity index (χ2v) is 4.89. The van der Waals surface area contributed by atoms with Gasteiger partial charge in [-0.15, -0.1) is 5.10 Å². The molecule has 5 nitrogen and oxygen atoms in total. The molecule has 98 valence electrons. The summed E-state index contributed by atoms with van der Waals surface area (Å²) in [6.07, 6.45) is 5.00. The van der Waals surface area contributed by atoms with Crippen molar-refractivity contribution in [2.75, 3.05) is 11.4 Å². The van der Waals surface area contributed by atoms with Gasteiger partial charge in [0.05, 0.1) is 16.9 Å². The normalized spacial score (nSPS) is 19.7. The van der Waals surface area contributed by atoms with Crippen LogP contribution in [0.5, 0.6) is 0 Å². The van der Waals surface area contributed by atoms with Gasteiger partial charge in [-0.3, -0.25) is 4.79 Å². The van der Waals surface area contributed by atoms with E-state index in [0.717, 1.165) is 18.5 Å². The first kappa shape index (κ1) is 12.2. The summed E-state index contributed by atoms with van der Waals surface area (Å²) in [6.45, 7) is 0.688. The molecule has 0 saturated carbocycles.